The summed E-state index contributed by atoms with van der Waals surface area (Å²) in [5, 5.41) is 43.1. The maximum Gasteiger partial charge on any atom is 0.0952 e. The lowest BCUT2D eigenvalue weighted by Gasteiger charge is -2.35. The molecule has 0 heterocycles. The molecule has 0 spiro atoms. The van der Waals surface area contributed by atoms with Gasteiger partial charge in [0.25, 0.3) is 0 Å². The van der Waals surface area contributed by atoms with Gasteiger partial charge in [-0.2, -0.15) is 0 Å². The molecule has 12 nitrogen and oxygen atoms in total. The molecule has 12 heteroatoms. The van der Waals surface area contributed by atoms with Crippen LogP contribution in [0.2, 0.25) is 0 Å². The molecule has 57 heavy (non-hydrogen) atoms. The van der Waals surface area contributed by atoms with Gasteiger partial charge < -0.3 is 0 Å². The van der Waals surface area contributed by atoms with E-state index in [1.165, 1.54) is 0 Å². The smallest absolute Gasteiger partial charge is 0.0952 e. The predicted octanol–water partition coefficient (Wildman–Crippen LogP) is 11.6. The van der Waals surface area contributed by atoms with Crippen LogP contribution >= 0.6 is 0 Å². The van der Waals surface area contributed by atoms with Crippen LogP contribution in [-0.2, 0) is 5.41 Å². The van der Waals surface area contributed by atoms with E-state index in [-0.39, 0.29) is 0 Å². The van der Waals surface area contributed by atoms with Crippen LogP contribution < -0.4 is 0 Å². The van der Waals surface area contributed by atoms with Crippen molar-refractivity contribution in [2.75, 3.05) is 56.4 Å². The third-order valence-electron chi connectivity index (χ3n) is 9.47. The van der Waals surface area contributed by atoms with Gasteiger partial charge in [0, 0.05) is 67.5 Å². The monoisotopic (exact) mass is 754 g/mol. The van der Waals surface area contributed by atoms with E-state index in [1.54, 1.807) is 20.0 Å². The molecule has 0 unspecified atom stereocenters. The molecular formula is C45H46N12. The minimum absolute atomic E-state index is 0.728. The Balaban J connectivity index is 1.63. The molecule has 0 fully saturated rings. The number of benzene rings is 6. The van der Waals surface area contributed by atoms with Gasteiger partial charge in [0.2, 0.25) is 0 Å². The van der Waals surface area contributed by atoms with Crippen LogP contribution in [0.1, 0.15) is 22.3 Å². The van der Waals surface area contributed by atoms with Crippen molar-refractivity contribution in [2.45, 2.75) is 5.41 Å². The zero-order valence-electron chi connectivity index (χ0n) is 33.6. The Kier molecular flexibility index (Phi) is 11.0. The minimum Gasteiger partial charge on any atom is -0.285 e. The van der Waals surface area contributed by atoms with Crippen LogP contribution in [0.25, 0.3) is 33.4 Å². The Morgan fingerprint density at radius 1 is 0.351 bits per heavy atom. The topological polar surface area (TPSA) is 112 Å². The Morgan fingerprint density at radius 3 is 1.09 bits per heavy atom. The summed E-state index contributed by atoms with van der Waals surface area (Å²) < 4.78 is 0. The van der Waals surface area contributed by atoms with Crippen LogP contribution in [0, 0.1) is 0 Å². The first-order valence-electron chi connectivity index (χ1n) is 18.6. The molecule has 1 aliphatic carbocycles. The van der Waals surface area contributed by atoms with Crippen molar-refractivity contribution in [3.05, 3.63) is 156 Å². The highest BCUT2D eigenvalue weighted by Crippen LogP contribution is 2.59. The minimum atomic E-state index is -0.889. The van der Waals surface area contributed by atoms with Gasteiger partial charge in [-0.3, -0.25) is 20.0 Å². The van der Waals surface area contributed by atoms with Crippen LogP contribution in [0.15, 0.2) is 175 Å². The highest BCUT2D eigenvalue weighted by molar-refractivity contribution is 5.90. The summed E-state index contributed by atoms with van der Waals surface area (Å²) in [6.45, 7) is 0. The molecule has 0 N–H and O–H groups in total. The van der Waals surface area contributed by atoms with Gasteiger partial charge in [-0.25, -0.2) is 0 Å². The van der Waals surface area contributed by atoms with Crippen LogP contribution in [-0.4, -0.2) is 76.4 Å². The Labute approximate surface area is 334 Å². The zero-order chi connectivity index (χ0) is 40.1. The standard InChI is InChI=1S/C45H46N12/c1-54(2)50-46-35-21-23-37-38-24-22-36(47-51-55(3)4)30-42(38)45(41(37)29-35,33-19-25-43(48-52-56(5)6)39(27-33)31-15-11-9-12-16-31)34-20-26-44(49-53-57(7)8)40(28-34)32-17-13-10-14-18-32/h9-30H,1-8H3. The van der Waals surface area contributed by atoms with Crippen molar-refractivity contribution in [3.63, 3.8) is 0 Å². The average Bonchev–Trinajstić information content (AvgIpc) is 3.50. The molecule has 0 saturated heterocycles. The van der Waals surface area contributed by atoms with Gasteiger partial charge in [-0.1, -0.05) is 106 Å². The zero-order valence-corrected chi connectivity index (χ0v) is 33.6. The molecule has 0 radical (unpaired) electrons. The quantitative estimate of drug-likeness (QED) is 0.0913. The molecule has 1 aliphatic rings. The fourth-order valence-corrected chi connectivity index (χ4v) is 7.18. The van der Waals surface area contributed by atoms with E-state index < -0.39 is 5.41 Å². The number of hydrogen-bond acceptors (Lipinski definition) is 8. The summed E-state index contributed by atoms with van der Waals surface area (Å²) in [6.07, 6.45) is 0. The van der Waals surface area contributed by atoms with E-state index in [4.69, 9.17) is 10.2 Å². The first-order chi connectivity index (χ1) is 27.5. The second-order valence-corrected chi connectivity index (χ2v) is 14.6. The van der Waals surface area contributed by atoms with Crippen LogP contribution in [0.4, 0.5) is 22.7 Å². The predicted molar refractivity (Wildman–Crippen MR) is 227 cm³/mol. The second kappa shape index (κ2) is 16.3. The van der Waals surface area contributed by atoms with E-state index >= 15 is 0 Å². The number of fused-ring (bicyclic) bond motifs is 3. The van der Waals surface area contributed by atoms with Gasteiger partial charge >= 0.3 is 0 Å². The van der Waals surface area contributed by atoms with Crippen LogP contribution in [0.3, 0.4) is 0 Å². The maximum absolute atomic E-state index is 4.70. The van der Waals surface area contributed by atoms with Crippen molar-refractivity contribution in [2.24, 2.45) is 41.4 Å². The number of hydrogen-bond donors (Lipinski definition) is 0. The Morgan fingerprint density at radius 2 is 0.719 bits per heavy atom. The summed E-state index contributed by atoms with van der Waals surface area (Å²) in [6, 6.07) is 46.3. The van der Waals surface area contributed by atoms with Crippen molar-refractivity contribution in [3.8, 4) is 33.4 Å². The van der Waals surface area contributed by atoms with Crippen molar-refractivity contribution in [1.29, 1.82) is 0 Å². The summed E-state index contributed by atoms with van der Waals surface area (Å²) in [7, 11) is 14.9. The second-order valence-electron chi connectivity index (χ2n) is 14.6. The molecule has 6 aromatic rings. The molecule has 0 aliphatic heterocycles. The van der Waals surface area contributed by atoms with Gasteiger partial charge in [-0.05, 0) is 93.0 Å². The largest absolute Gasteiger partial charge is 0.285 e. The summed E-state index contributed by atoms with van der Waals surface area (Å²) >= 11 is 0. The third kappa shape index (κ3) is 7.88. The molecule has 0 atom stereocenters. The highest BCUT2D eigenvalue weighted by Gasteiger charge is 2.47. The van der Waals surface area contributed by atoms with Gasteiger partial charge in [0.05, 0.1) is 28.2 Å². The fraction of sp³-hybridized carbons (Fsp3) is 0.200. The first kappa shape index (κ1) is 38.2. The van der Waals surface area contributed by atoms with Crippen LogP contribution in [0.5, 0.6) is 0 Å². The average molecular weight is 755 g/mol. The number of rotatable bonds is 12. The van der Waals surface area contributed by atoms with E-state index in [0.717, 1.165) is 78.4 Å². The molecular weight excluding hydrogens is 709 g/mol. The van der Waals surface area contributed by atoms with Gasteiger partial charge in [-0.15, -0.1) is 20.5 Å². The summed E-state index contributed by atoms with van der Waals surface area (Å²) in [5.74, 6) is 0. The van der Waals surface area contributed by atoms with E-state index in [9.17, 15) is 0 Å². The molecule has 286 valence electrons. The molecule has 6 aromatic carbocycles. The summed E-state index contributed by atoms with van der Waals surface area (Å²) in [4.78, 5) is 0. The normalized spacial score (nSPS) is 14.8. The molecule has 0 bridgehead atoms. The molecule has 0 aromatic heterocycles. The van der Waals surface area contributed by atoms with Crippen molar-refractivity contribution in [1.82, 2.24) is 20.0 Å². The van der Waals surface area contributed by atoms with Gasteiger partial charge in [0.1, 0.15) is 0 Å². The lowest BCUT2D eigenvalue weighted by atomic mass is 9.66. The van der Waals surface area contributed by atoms with E-state index in [0.29, 0.717) is 0 Å². The van der Waals surface area contributed by atoms with E-state index in [1.807, 2.05) is 105 Å². The molecule has 7 rings (SSSR count). The number of nitrogens with zero attached hydrogens (tertiary/aromatic N) is 12. The van der Waals surface area contributed by atoms with Crippen molar-refractivity contribution < 1.29 is 0 Å². The fourth-order valence-electron chi connectivity index (χ4n) is 7.18. The van der Waals surface area contributed by atoms with E-state index in [2.05, 4.69) is 116 Å². The Hall–Kier alpha value is -7.08. The third-order valence-corrected chi connectivity index (χ3v) is 9.47. The highest BCUT2D eigenvalue weighted by atomic mass is 15.5. The first-order valence-corrected chi connectivity index (χ1v) is 18.6. The summed E-state index contributed by atoms with van der Waals surface area (Å²) in [5.41, 5.74) is 12.3. The lowest BCUT2D eigenvalue weighted by Crippen LogP contribution is -2.28. The Bertz CT molecular complexity index is 2310. The van der Waals surface area contributed by atoms with Gasteiger partial charge in [0.15, 0.2) is 0 Å². The molecule has 0 amide bonds. The SMILES string of the molecule is CN(C)N=Nc1ccc2c(c1)C(c1ccc(N=NN(C)C)c(-c3ccccc3)c1)(c1ccc(N=NN(C)C)c(-c3ccccc3)c1)c1cc(N=NN(C)C)ccc1-2. The maximum atomic E-state index is 4.70. The molecule has 0 saturated carbocycles. The van der Waals surface area contributed by atoms with Crippen molar-refractivity contribution >= 4 is 22.7 Å². The lowest BCUT2D eigenvalue weighted by molar-refractivity contribution is 0.408.